The number of aryl methyl sites for hydroxylation is 2. The topological polar surface area (TPSA) is 143 Å². The molecular formula is C18H19N5O4S2. The summed E-state index contributed by atoms with van der Waals surface area (Å²) < 4.78 is 25.6. The van der Waals surface area contributed by atoms with Crippen LogP contribution in [0.5, 0.6) is 0 Å². The quantitative estimate of drug-likeness (QED) is 0.459. The number of fused-ring (bicyclic) bond motifs is 1. The summed E-state index contributed by atoms with van der Waals surface area (Å²) in [7, 11) is -2.30. The van der Waals surface area contributed by atoms with Gasteiger partial charge in [0.05, 0.1) is 10.6 Å². The molecule has 0 aliphatic heterocycles. The number of nitrogen functional groups attached to an aromatic ring is 1. The maximum Gasteiger partial charge on any atom is 0.281 e. The highest BCUT2D eigenvalue weighted by atomic mass is 32.2. The number of anilines is 1. The molecule has 0 aliphatic carbocycles. The van der Waals surface area contributed by atoms with Gasteiger partial charge >= 0.3 is 0 Å². The molecule has 0 bridgehead atoms. The van der Waals surface area contributed by atoms with Crippen molar-refractivity contribution in [3.63, 3.8) is 0 Å². The zero-order chi connectivity index (χ0) is 21.3. The first-order valence-electron chi connectivity index (χ1n) is 8.44. The normalized spacial score (nSPS) is 11.4. The summed E-state index contributed by atoms with van der Waals surface area (Å²) in [4.78, 5) is 30.0. The number of thiophene rings is 1. The Bertz CT molecular complexity index is 1220. The summed E-state index contributed by atoms with van der Waals surface area (Å²) in [6, 6.07) is 7.16. The van der Waals surface area contributed by atoms with Crippen LogP contribution in [0.4, 0.5) is 5.69 Å². The summed E-state index contributed by atoms with van der Waals surface area (Å²) >= 11 is 1.14. The average molecular weight is 434 g/mol. The molecular weight excluding hydrogens is 414 g/mol. The van der Waals surface area contributed by atoms with Gasteiger partial charge in [-0.1, -0.05) is 0 Å². The Morgan fingerprint density at radius 3 is 2.31 bits per heavy atom. The van der Waals surface area contributed by atoms with E-state index in [4.69, 9.17) is 5.73 Å². The zero-order valence-electron chi connectivity index (χ0n) is 15.9. The lowest BCUT2D eigenvalue weighted by atomic mass is 10.1. The molecule has 9 nitrogen and oxygen atoms in total. The molecule has 0 spiro atoms. The van der Waals surface area contributed by atoms with Crippen molar-refractivity contribution in [2.45, 2.75) is 18.7 Å². The second-order valence-electron chi connectivity index (χ2n) is 6.25. The number of carbonyl (C=O) groups is 2. The molecule has 0 atom stereocenters. The Labute approximate surface area is 171 Å². The van der Waals surface area contributed by atoms with Gasteiger partial charge in [0.15, 0.2) is 0 Å². The van der Waals surface area contributed by atoms with Gasteiger partial charge < -0.3 is 5.73 Å². The van der Waals surface area contributed by atoms with Crippen molar-refractivity contribution >= 4 is 49.1 Å². The highest BCUT2D eigenvalue weighted by Crippen LogP contribution is 2.34. The number of hydrazine groups is 1. The van der Waals surface area contributed by atoms with Crippen molar-refractivity contribution in [2.24, 2.45) is 0 Å². The molecule has 3 rings (SSSR count). The van der Waals surface area contributed by atoms with Crippen molar-refractivity contribution in [1.29, 1.82) is 0 Å². The SMILES string of the molecule is CNS(=O)(=O)c1ccc(C(=O)NNC(=O)c2sc3nc(C)cc(C)c3c2N)cc1. The number of aromatic nitrogens is 1. The number of hydrogen-bond acceptors (Lipinski definition) is 7. The molecule has 0 radical (unpaired) electrons. The average Bonchev–Trinajstić information content (AvgIpc) is 3.02. The largest absolute Gasteiger partial charge is 0.397 e. The predicted molar refractivity (Wildman–Crippen MR) is 111 cm³/mol. The summed E-state index contributed by atoms with van der Waals surface area (Å²) in [5.41, 5.74) is 13.0. The first-order valence-corrected chi connectivity index (χ1v) is 10.7. The number of nitrogens with zero attached hydrogens (tertiary/aromatic N) is 1. The Kier molecular flexibility index (Phi) is 5.55. The summed E-state index contributed by atoms with van der Waals surface area (Å²) in [6.45, 7) is 3.75. The van der Waals surface area contributed by atoms with Crippen molar-refractivity contribution in [2.75, 3.05) is 12.8 Å². The van der Waals surface area contributed by atoms with E-state index in [1.807, 2.05) is 19.9 Å². The first-order chi connectivity index (χ1) is 13.6. The van der Waals surface area contributed by atoms with E-state index < -0.39 is 21.8 Å². The fourth-order valence-corrected chi connectivity index (χ4v) is 4.63. The van der Waals surface area contributed by atoms with E-state index in [0.29, 0.717) is 10.5 Å². The molecule has 0 unspecified atom stereocenters. The predicted octanol–water partition coefficient (Wildman–Crippen LogP) is 1.48. The van der Waals surface area contributed by atoms with Crippen LogP contribution in [0.15, 0.2) is 35.2 Å². The summed E-state index contributed by atoms with van der Waals surface area (Å²) in [5, 5.41) is 0.721. The Balaban J connectivity index is 1.74. The molecule has 0 fully saturated rings. The monoisotopic (exact) mass is 433 g/mol. The summed E-state index contributed by atoms with van der Waals surface area (Å²) in [5.74, 6) is -1.16. The maximum absolute atomic E-state index is 12.5. The lowest BCUT2D eigenvalue weighted by molar-refractivity contribution is 0.0849. The lowest BCUT2D eigenvalue weighted by Crippen LogP contribution is -2.41. The highest BCUT2D eigenvalue weighted by Gasteiger charge is 2.20. The molecule has 152 valence electrons. The van der Waals surface area contributed by atoms with E-state index in [-0.39, 0.29) is 15.3 Å². The molecule has 0 aliphatic rings. The molecule has 29 heavy (non-hydrogen) atoms. The van der Waals surface area contributed by atoms with E-state index in [0.717, 1.165) is 28.0 Å². The van der Waals surface area contributed by atoms with Gasteiger partial charge in [-0.05, 0) is 56.8 Å². The molecule has 2 amide bonds. The third-order valence-corrected chi connectivity index (χ3v) is 6.74. The minimum Gasteiger partial charge on any atom is -0.397 e. The van der Waals surface area contributed by atoms with Crippen LogP contribution in [0.1, 0.15) is 31.3 Å². The van der Waals surface area contributed by atoms with Gasteiger partial charge in [0.1, 0.15) is 9.71 Å². The van der Waals surface area contributed by atoms with Gasteiger partial charge in [0.25, 0.3) is 11.8 Å². The number of nitrogens with two attached hydrogens (primary N) is 1. The van der Waals surface area contributed by atoms with Crippen LogP contribution in [-0.2, 0) is 10.0 Å². The number of sulfonamides is 1. The van der Waals surface area contributed by atoms with E-state index in [1.54, 1.807) is 0 Å². The van der Waals surface area contributed by atoms with Crippen molar-refractivity contribution in [1.82, 2.24) is 20.6 Å². The number of rotatable bonds is 4. The fraction of sp³-hybridized carbons (Fsp3) is 0.167. The standard InChI is InChI=1S/C18H19N5O4S2/c1-9-8-10(2)21-18-13(9)14(19)15(28-18)17(25)23-22-16(24)11-4-6-12(7-5-11)29(26,27)20-3/h4-8,20H,19H2,1-3H3,(H,22,24)(H,23,25). The van der Waals surface area contributed by atoms with Crippen LogP contribution >= 0.6 is 11.3 Å². The van der Waals surface area contributed by atoms with Crippen LogP contribution in [0, 0.1) is 13.8 Å². The first kappa shape index (κ1) is 20.7. The lowest BCUT2D eigenvalue weighted by Gasteiger charge is -2.08. The van der Waals surface area contributed by atoms with Crippen molar-refractivity contribution in [3.05, 3.63) is 52.0 Å². The van der Waals surface area contributed by atoms with Gasteiger partial charge in [-0.3, -0.25) is 20.4 Å². The van der Waals surface area contributed by atoms with Crippen molar-refractivity contribution < 1.29 is 18.0 Å². The van der Waals surface area contributed by atoms with Gasteiger partial charge in [-0.25, -0.2) is 18.1 Å². The molecule has 0 saturated heterocycles. The maximum atomic E-state index is 12.5. The Hall–Kier alpha value is -3.02. The zero-order valence-corrected chi connectivity index (χ0v) is 17.5. The second kappa shape index (κ2) is 7.78. The minimum atomic E-state index is -3.60. The number of benzene rings is 1. The number of carbonyl (C=O) groups excluding carboxylic acids is 2. The van der Waals surface area contributed by atoms with E-state index in [1.165, 1.54) is 31.3 Å². The highest BCUT2D eigenvalue weighted by molar-refractivity contribution is 7.89. The van der Waals surface area contributed by atoms with E-state index in [9.17, 15) is 18.0 Å². The fourth-order valence-electron chi connectivity index (χ4n) is 2.78. The Morgan fingerprint density at radius 2 is 1.69 bits per heavy atom. The third-order valence-electron chi connectivity index (χ3n) is 4.22. The molecule has 1 aromatic carbocycles. The third kappa shape index (κ3) is 4.06. The number of nitrogens with one attached hydrogen (secondary N) is 3. The van der Waals surface area contributed by atoms with Crippen LogP contribution in [0.25, 0.3) is 10.2 Å². The van der Waals surface area contributed by atoms with Crippen LogP contribution in [0.2, 0.25) is 0 Å². The molecule has 2 aromatic heterocycles. The van der Waals surface area contributed by atoms with Gasteiger partial charge in [-0.15, -0.1) is 11.3 Å². The molecule has 5 N–H and O–H groups in total. The van der Waals surface area contributed by atoms with Gasteiger partial charge in [0.2, 0.25) is 10.0 Å². The molecule has 0 saturated carbocycles. The second-order valence-corrected chi connectivity index (χ2v) is 9.13. The number of hydrogen-bond donors (Lipinski definition) is 4. The number of amides is 2. The van der Waals surface area contributed by atoms with Crippen molar-refractivity contribution in [3.8, 4) is 0 Å². The van der Waals surface area contributed by atoms with Crippen LogP contribution in [-0.4, -0.2) is 32.3 Å². The van der Waals surface area contributed by atoms with Crippen LogP contribution < -0.4 is 21.3 Å². The van der Waals surface area contributed by atoms with E-state index in [2.05, 4.69) is 20.6 Å². The Morgan fingerprint density at radius 1 is 1.07 bits per heavy atom. The minimum absolute atomic E-state index is 0.0248. The van der Waals surface area contributed by atoms with Gasteiger partial charge in [0, 0.05) is 16.6 Å². The smallest absolute Gasteiger partial charge is 0.281 e. The van der Waals surface area contributed by atoms with Gasteiger partial charge in [-0.2, -0.15) is 0 Å². The summed E-state index contributed by atoms with van der Waals surface area (Å²) in [6.07, 6.45) is 0. The molecule has 2 heterocycles. The molecule has 3 aromatic rings. The number of pyridine rings is 1. The van der Waals surface area contributed by atoms with Crippen LogP contribution in [0.3, 0.4) is 0 Å². The molecule has 11 heteroatoms. The van der Waals surface area contributed by atoms with E-state index >= 15 is 0 Å².